The van der Waals surface area contributed by atoms with Gasteiger partial charge in [0.1, 0.15) is 0 Å². The molecule has 25 heavy (non-hydrogen) atoms. The van der Waals surface area contributed by atoms with Crippen LogP contribution in [0.3, 0.4) is 0 Å². The number of rotatable bonds is 3. The van der Waals surface area contributed by atoms with Gasteiger partial charge in [0, 0.05) is 25.2 Å². The summed E-state index contributed by atoms with van der Waals surface area (Å²) in [6.45, 7) is 1.04. The highest BCUT2D eigenvalue weighted by atomic mass is 16.3. The Morgan fingerprint density at radius 3 is 2.52 bits per heavy atom. The summed E-state index contributed by atoms with van der Waals surface area (Å²) in [6, 6.07) is 4.81. The molecule has 0 radical (unpaired) electrons. The first-order valence-electron chi connectivity index (χ1n) is 8.98. The average molecular weight is 346 g/mol. The smallest absolute Gasteiger partial charge is 0.315 e. The van der Waals surface area contributed by atoms with Gasteiger partial charge in [0.25, 0.3) is 5.91 Å². The number of hydrogen-bond donors (Lipinski definition) is 4. The number of nitrogens with one attached hydrogen (secondary N) is 2. The van der Waals surface area contributed by atoms with Crippen molar-refractivity contribution in [3.8, 4) is 5.75 Å². The van der Waals surface area contributed by atoms with Crippen LogP contribution in [0.25, 0.3) is 0 Å². The van der Waals surface area contributed by atoms with Gasteiger partial charge in [0.15, 0.2) is 5.75 Å². The number of likely N-dealkylation sites (tertiary alicyclic amines) is 1. The van der Waals surface area contributed by atoms with Crippen LogP contribution in [-0.4, -0.2) is 47.1 Å². The van der Waals surface area contributed by atoms with E-state index in [0.717, 1.165) is 25.7 Å². The lowest BCUT2D eigenvalue weighted by molar-refractivity contribution is 0.0694. The summed E-state index contributed by atoms with van der Waals surface area (Å²) in [5, 5.41) is 16.0. The first-order chi connectivity index (χ1) is 12.0. The van der Waals surface area contributed by atoms with Crippen LogP contribution < -0.4 is 16.4 Å². The Bertz CT molecular complexity index is 643. The molecular weight excluding hydrogens is 320 g/mol. The Morgan fingerprint density at radius 2 is 1.76 bits per heavy atom. The maximum atomic E-state index is 12.7. The van der Waals surface area contributed by atoms with Crippen molar-refractivity contribution in [2.45, 2.75) is 50.6 Å². The second-order valence-electron chi connectivity index (χ2n) is 6.93. The number of aromatic hydroxyl groups is 1. The molecule has 5 N–H and O–H groups in total. The van der Waals surface area contributed by atoms with E-state index in [1.54, 1.807) is 23.1 Å². The molecule has 1 unspecified atom stereocenters. The molecule has 3 amide bonds. The van der Waals surface area contributed by atoms with E-state index < -0.39 is 0 Å². The van der Waals surface area contributed by atoms with Crippen molar-refractivity contribution in [2.24, 2.45) is 0 Å². The summed E-state index contributed by atoms with van der Waals surface area (Å²) >= 11 is 0. The number of phenols is 1. The van der Waals surface area contributed by atoms with E-state index in [1.807, 2.05) is 0 Å². The fourth-order valence-electron chi connectivity index (χ4n) is 3.67. The van der Waals surface area contributed by atoms with E-state index in [1.165, 1.54) is 12.8 Å². The van der Waals surface area contributed by atoms with Crippen molar-refractivity contribution in [3.05, 3.63) is 23.8 Å². The summed E-state index contributed by atoms with van der Waals surface area (Å²) in [5.74, 6) is -0.436. The molecule has 7 nitrogen and oxygen atoms in total. The summed E-state index contributed by atoms with van der Waals surface area (Å²) in [6.07, 6.45) is 6.06. The number of phenolic OH excluding ortho intramolecular Hbond substituents is 1. The zero-order valence-corrected chi connectivity index (χ0v) is 14.3. The van der Waals surface area contributed by atoms with Gasteiger partial charge in [-0.2, -0.15) is 0 Å². The molecule has 2 fully saturated rings. The predicted octanol–water partition coefficient (Wildman–Crippen LogP) is 1.82. The summed E-state index contributed by atoms with van der Waals surface area (Å²) in [7, 11) is 0. The Hall–Kier alpha value is -2.44. The van der Waals surface area contributed by atoms with Gasteiger partial charge in [-0.15, -0.1) is 0 Å². The molecule has 3 rings (SSSR count). The van der Waals surface area contributed by atoms with Gasteiger partial charge in [-0.05, 0) is 37.8 Å². The molecule has 1 atom stereocenters. The topological polar surface area (TPSA) is 108 Å². The summed E-state index contributed by atoms with van der Waals surface area (Å²) < 4.78 is 0. The second kappa shape index (κ2) is 7.63. The van der Waals surface area contributed by atoms with Gasteiger partial charge >= 0.3 is 6.03 Å². The van der Waals surface area contributed by atoms with Crippen LogP contribution in [0.4, 0.5) is 10.5 Å². The second-order valence-corrected chi connectivity index (χ2v) is 6.93. The average Bonchev–Trinajstić information content (AvgIpc) is 3.10. The zero-order valence-electron chi connectivity index (χ0n) is 14.3. The third-order valence-corrected chi connectivity index (χ3v) is 5.03. The Morgan fingerprint density at radius 1 is 1.08 bits per heavy atom. The molecule has 1 aliphatic carbocycles. The zero-order chi connectivity index (χ0) is 17.8. The highest BCUT2D eigenvalue weighted by Gasteiger charge is 2.28. The van der Waals surface area contributed by atoms with Crippen LogP contribution in [0.15, 0.2) is 18.2 Å². The number of hydrogen-bond acceptors (Lipinski definition) is 4. The number of anilines is 1. The van der Waals surface area contributed by atoms with Crippen molar-refractivity contribution in [3.63, 3.8) is 0 Å². The predicted molar refractivity (Wildman–Crippen MR) is 95.4 cm³/mol. The van der Waals surface area contributed by atoms with Crippen molar-refractivity contribution in [2.75, 3.05) is 18.8 Å². The highest BCUT2D eigenvalue weighted by molar-refractivity contribution is 5.98. The van der Waals surface area contributed by atoms with E-state index in [4.69, 9.17) is 5.73 Å². The van der Waals surface area contributed by atoms with Gasteiger partial charge in [0.2, 0.25) is 0 Å². The van der Waals surface area contributed by atoms with Gasteiger partial charge < -0.3 is 26.4 Å². The van der Waals surface area contributed by atoms with Crippen LogP contribution in [0, 0.1) is 0 Å². The number of carbonyl (C=O) groups excluding carboxylic acids is 2. The standard InChI is InChI=1S/C18H26N4O3/c19-15-9-3-8-14(16(15)23)17(24)22-10-4-7-13(11-22)21-18(25)20-12-5-1-2-6-12/h3,8-9,12-13,23H,1-2,4-7,10-11,19H2,(H2,20,21,25). The molecule has 0 aromatic heterocycles. The van der Waals surface area contributed by atoms with Crippen molar-refractivity contribution < 1.29 is 14.7 Å². The number of nitrogens with zero attached hydrogens (tertiary/aromatic N) is 1. The molecule has 1 aromatic carbocycles. The number of urea groups is 1. The van der Waals surface area contributed by atoms with Gasteiger partial charge in [-0.1, -0.05) is 18.9 Å². The first kappa shape index (κ1) is 17.4. The molecule has 1 saturated carbocycles. The first-order valence-corrected chi connectivity index (χ1v) is 8.98. The lowest BCUT2D eigenvalue weighted by atomic mass is 10.0. The fraction of sp³-hybridized carbons (Fsp3) is 0.556. The molecule has 136 valence electrons. The Balaban J connectivity index is 1.57. The monoisotopic (exact) mass is 346 g/mol. The Kier molecular flexibility index (Phi) is 5.31. The number of nitrogens with two attached hydrogens (primary N) is 1. The minimum Gasteiger partial charge on any atom is -0.505 e. The van der Waals surface area contributed by atoms with Crippen molar-refractivity contribution in [1.29, 1.82) is 0 Å². The molecule has 0 bridgehead atoms. The molecule has 1 heterocycles. The number of nitrogen functional groups attached to an aromatic ring is 1. The third kappa shape index (κ3) is 4.15. The van der Waals surface area contributed by atoms with Crippen LogP contribution in [0.5, 0.6) is 5.75 Å². The normalized spacial score (nSPS) is 21.1. The summed E-state index contributed by atoms with van der Waals surface area (Å²) in [4.78, 5) is 26.5. The molecule has 7 heteroatoms. The molecular formula is C18H26N4O3. The quantitative estimate of drug-likeness (QED) is 0.494. The Labute approximate surface area is 147 Å². The summed E-state index contributed by atoms with van der Waals surface area (Å²) in [5.41, 5.74) is 6.07. The van der Waals surface area contributed by atoms with Gasteiger partial charge in [0.05, 0.1) is 11.3 Å². The van der Waals surface area contributed by atoms with E-state index in [0.29, 0.717) is 13.1 Å². The van der Waals surface area contributed by atoms with Crippen molar-refractivity contribution >= 4 is 17.6 Å². The number of amides is 3. The fourth-order valence-corrected chi connectivity index (χ4v) is 3.67. The minimum absolute atomic E-state index is 0.0812. The number of piperidine rings is 1. The van der Waals surface area contributed by atoms with Crippen LogP contribution in [0.1, 0.15) is 48.9 Å². The van der Waals surface area contributed by atoms with E-state index in [-0.39, 0.29) is 41.0 Å². The third-order valence-electron chi connectivity index (χ3n) is 5.03. The molecule has 1 aliphatic heterocycles. The van der Waals surface area contributed by atoms with Gasteiger partial charge in [-0.25, -0.2) is 4.79 Å². The lowest BCUT2D eigenvalue weighted by Gasteiger charge is -2.33. The molecule has 1 aromatic rings. The maximum Gasteiger partial charge on any atom is 0.315 e. The van der Waals surface area contributed by atoms with Crippen LogP contribution in [-0.2, 0) is 0 Å². The van der Waals surface area contributed by atoms with Crippen LogP contribution in [0.2, 0.25) is 0 Å². The maximum absolute atomic E-state index is 12.7. The minimum atomic E-state index is -0.257. The van der Waals surface area contributed by atoms with Gasteiger partial charge in [-0.3, -0.25) is 4.79 Å². The molecule has 2 aliphatic rings. The van der Waals surface area contributed by atoms with E-state index >= 15 is 0 Å². The number of carbonyl (C=O) groups is 2. The highest BCUT2D eigenvalue weighted by Crippen LogP contribution is 2.26. The van der Waals surface area contributed by atoms with E-state index in [9.17, 15) is 14.7 Å². The van der Waals surface area contributed by atoms with Crippen LogP contribution >= 0.6 is 0 Å². The largest absolute Gasteiger partial charge is 0.505 e. The molecule has 1 saturated heterocycles. The van der Waals surface area contributed by atoms with E-state index in [2.05, 4.69) is 10.6 Å². The lowest BCUT2D eigenvalue weighted by Crippen LogP contribution is -2.53. The van der Waals surface area contributed by atoms with Crippen molar-refractivity contribution in [1.82, 2.24) is 15.5 Å². The number of benzene rings is 1. The molecule has 0 spiro atoms. The number of para-hydroxylation sites is 1. The SMILES string of the molecule is Nc1cccc(C(=O)N2CCCC(NC(=O)NC3CCCC3)C2)c1O.